The van der Waals surface area contributed by atoms with Crippen LogP contribution in [0.3, 0.4) is 0 Å². The number of carbonyl (C=O) groups excluding carboxylic acids is 1. The van der Waals surface area contributed by atoms with E-state index < -0.39 is 4.92 Å². The van der Waals surface area contributed by atoms with Crippen molar-refractivity contribution in [1.82, 2.24) is 5.32 Å². The van der Waals surface area contributed by atoms with Crippen molar-refractivity contribution in [3.8, 4) is 0 Å². The number of amides is 1. The molecule has 0 aliphatic heterocycles. The highest BCUT2D eigenvalue weighted by atomic mass is 35.5. The molecule has 100 valence electrons. The van der Waals surface area contributed by atoms with Crippen LogP contribution in [0.1, 0.15) is 29.6 Å². The molecule has 1 aliphatic rings. The number of nitro groups is 1. The molecule has 0 saturated carbocycles. The highest BCUT2D eigenvalue weighted by molar-refractivity contribution is 6.35. The lowest BCUT2D eigenvalue weighted by Crippen LogP contribution is -2.35. The average Bonchev–Trinajstić information content (AvgIpc) is 2.39. The van der Waals surface area contributed by atoms with Crippen molar-refractivity contribution in [3.05, 3.63) is 51.1 Å². The number of nitro benzene ring substituents is 1. The van der Waals surface area contributed by atoms with Gasteiger partial charge in [-0.3, -0.25) is 14.9 Å². The fourth-order valence-corrected chi connectivity index (χ4v) is 2.30. The number of benzene rings is 1. The number of hydrogen-bond acceptors (Lipinski definition) is 3. The summed E-state index contributed by atoms with van der Waals surface area (Å²) in [5, 5.41) is 13.5. The van der Waals surface area contributed by atoms with Crippen molar-refractivity contribution in [2.75, 3.05) is 0 Å². The van der Waals surface area contributed by atoms with Crippen molar-refractivity contribution in [2.24, 2.45) is 0 Å². The standard InChI is InChI=1S/C13H13ClN2O3/c14-12-10(7-4-8-11(12)16(18)19)13(17)15-9-5-2-1-3-6-9/h1-2,4,7-9H,3,5-6H2,(H,15,17). The van der Waals surface area contributed by atoms with Gasteiger partial charge in [0.05, 0.1) is 10.5 Å². The molecule has 1 N–H and O–H groups in total. The maximum atomic E-state index is 12.1. The van der Waals surface area contributed by atoms with Gasteiger partial charge < -0.3 is 5.32 Å². The molecule has 0 heterocycles. The Morgan fingerprint density at radius 3 is 2.84 bits per heavy atom. The third-order valence-electron chi connectivity index (χ3n) is 3.02. The van der Waals surface area contributed by atoms with Gasteiger partial charge in [-0.2, -0.15) is 0 Å². The van der Waals surface area contributed by atoms with E-state index in [9.17, 15) is 14.9 Å². The molecule has 0 aromatic heterocycles. The van der Waals surface area contributed by atoms with E-state index in [1.165, 1.54) is 18.2 Å². The van der Waals surface area contributed by atoms with Crippen LogP contribution in [0.15, 0.2) is 30.4 Å². The first-order valence-corrected chi connectivity index (χ1v) is 6.36. The minimum absolute atomic E-state index is 0.0628. The summed E-state index contributed by atoms with van der Waals surface area (Å²) in [5.41, 5.74) is -0.108. The molecule has 1 aromatic carbocycles. The molecule has 0 spiro atoms. The number of carbonyl (C=O) groups is 1. The van der Waals surface area contributed by atoms with Crippen molar-refractivity contribution >= 4 is 23.2 Å². The number of hydrogen-bond donors (Lipinski definition) is 1. The summed E-state index contributed by atoms with van der Waals surface area (Å²) in [7, 11) is 0. The van der Waals surface area contributed by atoms with E-state index in [0.29, 0.717) is 0 Å². The molecule has 1 aliphatic carbocycles. The van der Waals surface area contributed by atoms with Crippen LogP contribution < -0.4 is 5.32 Å². The van der Waals surface area contributed by atoms with Gasteiger partial charge in [-0.05, 0) is 25.3 Å². The first-order chi connectivity index (χ1) is 9.09. The molecule has 1 unspecified atom stereocenters. The summed E-state index contributed by atoms with van der Waals surface area (Å²) in [5.74, 6) is -0.367. The van der Waals surface area contributed by atoms with Gasteiger partial charge in [0.15, 0.2) is 0 Å². The molecule has 6 heteroatoms. The normalized spacial score (nSPS) is 18.1. The van der Waals surface area contributed by atoms with Crippen LogP contribution in [0.25, 0.3) is 0 Å². The second-order valence-corrected chi connectivity index (χ2v) is 4.73. The number of rotatable bonds is 3. The monoisotopic (exact) mass is 280 g/mol. The zero-order chi connectivity index (χ0) is 13.8. The fraction of sp³-hybridized carbons (Fsp3) is 0.308. The Bertz CT molecular complexity index is 543. The largest absolute Gasteiger partial charge is 0.349 e. The Hall–Kier alpha value is -1.88. The van der Waals surface area contributed by atoms with Crippen molar-refractivity contribution in [3.63, 3.8) is 0 Å². The van der Waals surface area contributed by atoms with E-state index in [1.54, 1.807) is 0 Å². The topological polar surface area (TPSA) is 72.2 Å². The van der Waals surface area contributed by atoms with E-state index in [1.807, 2.05) is 6.08 Å². The van der Waals surface area contributed by atoms with Gasteiger partial charge in [-0.15, -0.1) is 0 Å². The first kappa shape index (κ1) is 13.5. The molecular formula is C13H13ClN2O3. The van der Waals surface area contributed by atoms with Gasteiger partial charge in [0.1, 0.15) is 5.02 Å². The Kier molecular flexibility index (Phi) is 4.16. The summed E-state index contributed by atoms with van der Waals surface area (Å²) in [6.45, 7) is 0. The Labute approximate surface area is 115 Å². The Morgan fingerprint density at radius 2 is 2.21 bits per heavy atom. The lowest BCUT2D eigenvalue weighted by molar-refractivity contribution is -0.384. The maximum absolute atomic E-state index is 12.1. The molecule has 1 amide bonds. The SMILES string of the molecule is O=C(NC1CC=CCC1)c1cccc([N+](=O)[O-])c1Cl. The van der Waals surface area contributed by atoms with Gasteiger partial charge in [-0.25, -0.2) is 0 Å². The minimum Gasteiger partial charge on any atom is -0.349 e. The second-order valence-electron chi connectivity index (χ2n) is 4.35. The Balaban J connectivity index is 2.17. The van der Waals surface area contributed by atoms with Crippen LogP contribution in [-0.4, -0.2) is 16.9 Å². The van der Waals surface area contributed by atoms with Crippen LogP contribution in [0.2, 0.25) is 5.02 Å². The summed E-state index contributed by atoms with van der Waals surface area (Å²) in [6, 6.07) is 4.29. The molecule has 0 saturated heterocycles. The third-order valence-corrected chi connectivity index (χ3v) is 3.42. The predicted molar refractivity (Wildman–Crippen MR) is 72.4 cm³/mol. The Morgan fingerprint density at radius 1 is 1.42 bits per heavy atom. The molecule has 0 radical (unpaired) electrons. The number of halogens is 1. The zero-order valence-electron chi connectivity index (χ0n) is 10.1. The zero-order valence-corrected chi connectivity index (χ0v) is 10.9. The second kappa shape index (κ2) is 5.84. The lowest BCUT2D eigenvalue weighted by Gasteiger charge is -2.19. The number of allylic oxidation sites excluding steroid dienone is 1. The van der Waals surface area contributed by atoms with Crippen LogP contribution >= 0.6 is 11.6 Å². The van der Waals surface area contributed by atoms with E-state index >= 15 is 0 Å². The predicted octanol–water partition coefficient (Wildman–Crippen LogP) is 3.09. The molecule has 1 atom stereocenters. The molecule has 1 aromatic rings. The fourth-order valence-electron chi connectivity index (χ4n) is 2.02. The van der Waals surface area contributed by atoms with Crippen LogP contribution in [0.4, 0.5) is 5.69 Å². The maximum Gasteiger partial charge on any atom is 0.288 e. The van der Waals surface area contributed by atoms with Gasteiger partial charge in [0, 0.05) is 12.1 Å². The highest BCUT2D eigenvalue weighted by Gasteiger charge is 2.21. The number of nitrogens with zero attached hydrogens (tertiary/aromatic N) is 1. The molecule has 19 heavy (non-hydrogen) atoms. The van der Waals surface area contributed by atoms with Crippen LogP contribution in [0.5, 0.6) is 0 Å². The molecule has 0 fully saturated rings. The molecule has 5 nitrogen and oxygen atoms in total. The summed E-state index contributed by atoms with van der Waals surface area (Å²) < 4.78 is 0. The van der Waals surface area contributed by atoms with Crippen molar-refractivity contribution in [2.45, 2.75) is 25.3 Å². The third kappa shape index (κ3) is 3.12. The summed E-state index contributed by atoms with van der Waals surface area (Å²) >= 11 is 5.90. The van der Waals surface area contributed by atoms with E-state index in [-0.39, 0.29) is 28.2 Å². The number of nitrogens with one attached hydrogen (secondary N) is 1. The lowest BCUT2D eigenvalue weighted by atomic mass is 10.0. The molecule has 0 bridgehead atoms. The summed E-state index contributed by atoms with van der Waals surface area (Å²) in [6.07, 6.45) is 6.66. The van der Waals surface area contributed by atoms with Crippen molar-refractivity contribution < 1.29 is 9.72 Å². The molecule has 2 rings (SSSR count). The van der Waals surface area contributed by atoms with Gasteiger partial charge in [-0.1, -0.05) is 29.8 Å². The van der Waals surface area contributed by atoms with Gasteiger partial charge in [0.2, 0.25) is 0 Å². The highest BCUT2D eigenvalue weighted by Crippen LogP contribution is 2.27. The van der Waals surface area contributed by atoms with Crippen molar-refractivity contribution in [1.29, 1.82) is 0 Å². The molecular weight excluding hydrogens is 268 g/mol. The quantitative estimate of drug-likeness (QED) is 0.525. The van der Waals surface area contributed by atoms with Crippen LogP contribution in [0, 0.1) is 10.1 Å². The average molecular weight is 281 g/mol. The van der Waals surface area contributed by atoms with E-state index in [4.69, 9.17) is 11.6 Å². The minimum atomic E-state index is -0.595. The van der Waals surface area contributed by atoms with Crippen LogP contribution in [-0.2, 0) is 0 Å². The van der Waals surface area contributed by atoms with E-state index in [2.05, 4.69) is 11.4 Å². The smallest absolute Gasteiger partial charge is 0.288 e. The van der Waals surface area contributed by atoms with Gasteiger partial charge >= 0.3 is 0 Å². The summed E-state index contributed by atoms with van der Waals surface area (Å²) in [4.78, 5) is 22.2. The van der Waals surface area contributed by atoms with Gasteiger partial charge in [0.25, 0.3) is 11.6 Å². The first-order valence-electron chi connectivity index (χ1n) is 5.98. The van der Waals surface area contributed by atoms with E-state index in [0.717, 1.165) is 19.3 Å².